The number of benzene rings is 1. The third-order valence-corrected chi connectivity index (χ3v) is 2.31. The Bertz CT molecular complexity index is 450. The lowest BCUT2D eigenvalue weighted by Gasteiger charge is -2.07. The molecule has 0 bridgehead atoms. The molecule has 1 unspecified atom stereocenters. The summed E-state index contributed by atoms with van der Waals surface area (Å²) in [6.45, 7) is 1.78. The van der Waals surface area contributed by atoms with Crippen LogP contribution in [0, 0.1) is 6.92 Å². The number of nitrogens with two attached hydrogens (primary N) is 1. The van der Waals surface area contributed by atoms with Crippen molar-refractivity contribution in [1.29, 1.82) is 0 Å². The standard InChI is InChI=1S/C10H12N2O2/c1-6-7-3-2-4-8(9(11)5-13)10(7)14-12-6/h2-4,9,13H,5,11H2,1H3. The third kappa shape index (κ3) is 1.29. The van der Waals surface area contributed by atoms with Crippen LogP contribution in [0.1, 0.15) is 17.3 Å². The number of aliphatic hydroxyl groups excluding tert-OH is 1. The molecule has 0 spiro atoms. The van der Waals surface area contributed by atoms with Crippen LogP contribution in [0.15, 0.2) is 22.7 Å². The highest BCUT2D eigenvalue weighted by Gasteiger charge is 2.13. The third-order valence-electron chi connectivity index (χ3n) is 2.31. The van der Waals surface area contributed by atoms with Crippen molar-refractivity contribution in [2.24, 2.45) is 5.73 Å². The number of aryl methyl sites for hydroxylation is 1. The number of aliphatic hydroxyl groups is 1. The van der Waals surface area contributed by atoms with Gasteiger partial charge in [-0.2, -0.15) is 0 Å². The van der Waals surface area contributed by atoms with Crippen LogP contribution in [0.5, 0.6) is 0 Å². The van der Waals surface area contributed by atoms with Gasteiger partial charge in [-0.1, -0.05) is 17.3 Å². The van der Waals surface area contributed by atoms with Gasteiger partial charge in [0.15, 0.2) is 5.58 Å². The van der Waals surface area contributed by atoms with Crippen LogP contribution >= 0.6 is 0 Å². The zero-order chi connectivity index (χ0) is 10.1. The first-order valence-electron chi connectivity index (χ1n) is 4.45. The Morgan fingerprint density at radius 3 is 3.07 bits per heavy atom. The van der Waals surface area contributed by atoms with Crippen LogP contribution in [0.2, 0.25) is 0 Å². The number of hydrogen-bond acceptors (Lipinski definition) is 4. The molecule has 1 heterocycles. The molecule has 0 radical (unpaired) electrons. The molecule has 0 aliphatic heterocycles. The number of fused-ring (bicyclic) bond motifs is 1. The SMILES string of the molecule is Cc1noc2c(C(N)CO)cccc12. The van der Waals surface area contributed by atoms with Gasteiger partial charge in [0, 0.05) is 10.9 Å². The number of para-hydroxylation sites is 1. The number of hydrogen-bond donors (Lipinski definition) is 2. The molecular weight excluding hydrogens is 180 g/mol. The molecule has 3 N–H and O–H groups in total. The molecule has 4 nitrogen and oxygen atoms in total. The van der Waals surface area contributed by atoms with Crippen LogP contribution in [0.4, 0.5) is 0 Å². The van der Waals surface area contributed by atoms with E-state index in [-0.39, 0.29) is 6.61 Å². The van der Waals surface area contributed by atoms with Gasteiger partial charge in [0.2, 0.25) is 0 Å². The molecular formula is C10H12N2O2. The Labute approximate surface area is 81.3 Å². The number of aromatic nitrogens is 1. The molecule has 1 aromatic heterocycles. The Balaban J connectivity index is 2.65. The summed E-state index contributed by atoms with van der Waals surface area (Å²) >= 11 is 0. The van der Waals surface area contributed by atoms with Crippen molar-refractivity contribution < 1.29 is 9.63 Å². The average molecular weight is 192 g/mol. The molecule has 74 valence electrons. The van der Waals surface area contributed by atoms with E-state index < -0.39 is 6.04 Å². The summed E-state index contributed by atoms with van der Waals surface area (Å²) in [5.74, 6) is 0. The first-order chi connectivity index (χ1) is 6.74. The van der Waals surface area contributed by atoms with Crippen LogP contribution in [-0.2, 0) is 0 Å². The van der Waals surface area contributed by atoms with Crippen LogP contribution in [-0.4, -0.2) is 16.9 Å². The van der Waals surface area contributed by atoms with Gasteiger partial charge in [0.25, 0.3) is 0 Å². The molecule has 0 amide bonds. The zero-order valence-corrected chi connectivity index (χ0v) is 7.90. The van der Waals surface area contributed by atoms with E-state index in [1.54, 1.807) is 0 Å². The van der Waals surface area contributed by atoms with E-state index in [0.29, 0.717) is 5.58 Å². The molecule has 0 fully saturated rings. The number of rotatable bonds is 2. The van der Waals surface area contributed by atoms with Crippen molar-refractivity contribution in [3.63, 3.8) is 0 Å². The normalized spacial score (nSPS) is 13.4. The largest absolute Gasteiger partial charge is 0.394 e. The van der Waals surface area contributed by atoms with Gasteiger partial charge >= 0.3 is 0 Å². The lowest BCUT2D eigenvalue weighted by atomic mass is 10.1. The molecule has 0 aliphatic rings. The molecule has 1 aromatic carbocycles. The minimum absolute atomic E-state index is 0.0984. The fourth-order valence-corrected chi connectivity index (χ4v) is 1.50. The van der Waals surface area contributed by atoms with E-state index >= 15 is 0 Å². The van der Waals surface area contributed by atoms with Crippen molar-refractivity contribution in [2.75, 3.05) is 6.61 Å². The molecule has 2 aromatic rings. The van der Waals surface area contributed by atoms with Crippen molar-refractivity contribution >= 4 is 11.0 Å². The van der Waals surface area contributed by atoms with Crippen molar-refractivity contribution in [3.05, 3.63) is 29.5 Å². The summed E-state index contributed by atoms with van der Waals surface area (Å²) in [5, 5.41) is 13.8. The maximum Gasteiger partial charge on any atom is 0.171 e. The molecule has 14 heavy (non-hydrogen) atoms. The van der Waals surface area contributed by atoms with Crippen LogP contribution in [0.25, 0.3) is 11.0 Å². The lowest BCUT2D eigenvalue weighted by molar-refractivity contribution is 0.267. The fourth-order valence-electron chi connectivity index (χ4n) is 1.50. The van der Waals surface area contributed by atoms with Gasteiger partial charge in [0.05, 0.1) is 18.3 Å². The summed E-state index contributed by atoms with van der Waals surface area (Å²) in [6.07, 6.45) is 0. The predicted molar refractivity (Wildman–Crippen MR) is 52.8 cm³/mol. The fraction of sp³-hybridized carbons (Fsp3) is 0.300. The summed E-state index contributed by atoms with van der Waals surface area (Å²) in [4.78, 5) is 0. The molecule has 0 aliphatic carbocycles. The van der Waals surface area contributed by atoms with E-state index in [2.05, 4.69) is 5.16 Å². The maximum absolute atomic E-state index is 8.97. The van der Waals surface area contributed by atoms with Crippen molar-refractivity contribution in [3.8, 4) is 0 Å². The quantitative estimate of drug-likeness (QED) is 0.748. The number of nitrogens with zero attached hydrogens (tertiary/aromatic N) is 1. The molecule has 4 heteroatoms. The monoisotopic (exact) mass is 192 g/mol. The lowest BCUT2D eigenvalue weighted by Crippen LogP contribution is -2.14. The first-order valence-corrected chi connectivity index (χ1v) is 4.45. The summed E-state index contributed by atoms with van der Waals surface area (Å²) in [6, 6.07) is 5.24. The van der Waals surface area contributed by atoms with Crippen molar-refractivity contribution in [1.82, 2.24) is 5.16 Å². The summed E-state index contributed by atoms with van der Waals surface area (Å²) < 4.78 is 5.16. The summed E-state index contributed by atoms with van der Waals surface area (Å²) in [5.41, 5.74) is 8.04. The van der Waals surface area contributed by atoms with E-state index in [1.165, 1.54) is 0 Å². The molecule has 0 saturated carbocycles. The van der Waals surface area contributed by atoms with Crippen LogP contribution in [0.3, 0.4) is 0 Å². The van der Waals surface area contributed by atoms with Gasteiger partial charge in [-0.15, -0.1) is 0 Å². The topological polar surface area (TPSA) is 72.3 Å². The minimum atomic E-state index is -0.411. The molecule has 2 rings (SSSR count). The van der Waals surface area contributed by atoms with E-state index in [1.807, 2.05) is 25.1 Å². The Morgan fingerprint density at radius 1 is 1.57 bits per heavy atom. The van der Waals surface area contributed by atoms with Crippen LogP contribution < -0.4 is 5.73 Å². The molecule has 1 atom stereocenters. The highest BCUT2D eigenvalue weighted by atomic mass is 16.5. The maximum atomic E-state index is 8.97. The highest BCUT2D eigenvalue weighted by molar-refractivity contribution is 5.82. The second-order valence-corrected chi connectivity index (χ2v) is 3.28. The van der Waals surface area contributed by atoms with E-state index in [0.717, 1.165) is 16.6 Å². The van der Waals surface area contributed by atoms with Gasteiger partial charge < -0.3 is 15.4 Å². The van der Waals surface area contributed by atoms with Crippen molar-refractivity contribution in [2.45, 2.75) is 13.0 Å². The van der Waals surface area contributed by atoms with Gasteiger partial charge in [-0.05, 0) is 13.0 Å². The second-order valence-electron chi connectivity index (χ2n) is 3.28. The predicted octanol–water partition coefficient (Wildman–Crippen LogP) is 1.13. The Kier molecular flexibility index (Phi) is 2.23. The van der Waals surface area contributed by atoms with Gasteiger partial charge in [-0.3, -0.25) is 0 Å². The second kappa shape index (κ2) is 3.40. The zero-order valence-electron chi connectivity index (χ0n) is 7.90. The van der Waals surface area contributed by atoms with Gasteiger partial charge in [0.1, 0.15) is 0 Å². The highest BCUT2D eigenvalue weighted by Crippen LogP contribution is 2.24. The minimum Gasteiger partial charge on any atom is -0.394 e. The molecule has 0 saturated heterocycles. The summed E-state index contributed by atoms with van der Waals surface area (Å²) in [7, 11) is 0. The van der Waals surface area contributed by atoms with E-state index in [4.69, 9.17) is 15.4 Å². The Morgan fingerprint density at radius 2 is 2.36 bits per heavy atom. The average Bonchev–Trinajstić information content (AvgIpc) is 2.59. The first kappa shape index (κ1) is 9.18. The van der Waals surface area contributed by atoms with Gasteiger partial charge in [-0.25, -0.2) is 0 Å². The van der Waals surface area contributed by atoms with E-state index in [9.17, 15) is 0 Å². The Hall–Kier alpha value is -1.39. The smallest absolute Gasteiger partial charge is 0.171 e.